The van der Waals surface area contributed by atoms with E-state index in [2.05, 4.69) is 5.10 Å². The molecule has 0 N–H and O–H groups in total. The van der Waals surface area contributed by atoms with Crippen molar-refractivity contribution in [3.8, 4) is 5.69 Å². The summed E-state index contributed by atoms with van der Waals surface area (Å²) in [5.74, 6) is -0.574. The van der Waals surface area contributed by atoms with E-state index in [1.807, 2.05) is 42.3 Å². The molecule has 2 aromatic carbocycles. The van der Waals surface area contributed by atoms with Crippen LogP contribution in [-0.4, -0.2) is 42.9 Å². The summed E-state index contributed by atoms with van der Waals surface area (Å²) >= 11 is 0. The predicted octanol–water partition coefficient (Wildman–Crippen LogP) is 3.64. The fourth-order valence-electron chi connectivity index (χ4n) is 3.72. The first-order chi connectivity index (χ1) is 14.1. The van der Waals surface area contributed by atoms with Crippen LogP contribution < -0.4 is 9.80 Å². The zero-order valence-electron chi connectivity index (χ0n) is 16.5. The van der Waals surface area contributed by atoms with Crippen molar-refractivity contribution in [3.63, 3.8) is 0 Å². The molecule has 1 amide bonds. The lowest BCUT2D eigenvalue weighted by Crippen LogP contribution is -2.32. The number of carbonyl (C=O) groups excluding carboxylic acids is 1. The van der Waals surface area contributed by atoms with Crippen molar-refractivity contribution in [3.05, 3.63) is 71.8 Å². The summed E-state index contributed by atoms with van der Waals surface area (Å²) < 4.78 is 21.1. The minimum atomic E-state index is -0.367. The summed E-state index contributed by atoms with van der Waals surface area (Å²) in [7, 11) is 3.54. The van der Waals surface area contributed by atoms with Gasteiger partial charge in [-0.25, -0.2) is 9.07 Å². The molecule has 0 fully saturated rings. The quantitative estimate of drug-likeness (QED) is 0.678. The molecule has 0 atom stereocenters. The van der Waals surface area contributed by atoms with Gasteiger partial charge in [-0.3, -0.25) is 4.79 Å². The van der Waals surface area contributed by atoms with Crippen molar-refractivity contribution in [1.29, 1.82) is 0 Å². The minimum Gasteiger partial charge on any atom is -0.378 e. The molecule has 0 radical (unpaired) electrons. The number of hydrogen-bond donors (Lipinski definition) is 0. The number of fused-ring (bicyclic) bond motifs is 1. The molecule has 1 aliphatic heterocycles. The summed E-state index contributed by atoms with van der Waals surface area (Å²) in [6.45, 7) is 1.53. The molecule has 1 aromatic heterocycles. The van der Waals surface area contributed by atoms with E-state index in [0.29, 0.717) is 23.5 Å². The van der Waals surface area contributed by atoms with Gasteiger partial charge in [0.25, 0.3) is 5.91 Å². The van der Waals surface area contributed by atoms with Crippen LogP contribution in [0, 0.1) is 5.82 Å². The van der Waals surface area contributed by atoms with Crippen LogP contribution in [0.2, 0.25) is 0 Å². The second-order valence-electron chi connectivity index (χ2n) is 7.05. The summed E-state index contributed by atoms with van der Waals surface area (Å²) in [6, 6.07) is 14.2. The van der Waals surface area contributed by atoms with E-state index in [1.54, 1.807) is 29.0 Å². The maximum atomic E-state index is 14.0. The zero-order valence-corrected chi connectivity index (χ0v) is 16.5. The van der Waals surface area contributed by atoms with E-state index in [0.717, 1.165) is 24.3 Å². The molecule has 3 aromatic rings. The first-order valence-electron chi connectivity index (χ1n) is 9.54. The van der Waals surface area contributed by atoms with Gasteiger partial charge in [0.2, 0.25) is 0 Å². The van der Waals surface area contributed by atoms with Gasteiger partial charge in [0.15, 0.2) is 0 Å². The molecule has 1 aliphatic rings. The van der Waals surface area contributed by atoms with Crippen molar-refractivity contribution in [2.75, 3.05) is 37.0 Å². The number of amides is 1. The number of methoxy groups -OCH3 is 1. The maximum absolute atomic E-state index is 14.0. The van der Waals surface area contributed by atoms with Crippen LogP contribution in [0.3, 0.4) is 0 Å². The van der Waals surface area contributed by atoms with Crippen molar-refractivity contribution >= 4 is 17.3 Å². The molecule has 0 saturated heterocycles. The lowest BCUT2D eigenvalue weighted by molar-refractivity contribution is 0.0982. The monoisotopic (exact) mass is 394 g/mol. The molecular weight excluding hydrogens is 371 g/mol. The molecule has 7 heteroatoms. The number of para-hydroxylation sites is 1. The number of benzene rings is 2. The van der Waals surface area contributed by atoms with Gasteiger partial charge in [-0.15, -0.1) is 0 Å². The Bertz CT molecular complexity index is 1020. The Hall–Kier alpha value is -3.19. The third-order valence-electron chi connectivity index (χ3n) is 5.14. The second-order valence-corrected chi connectivity index (χ2v) is 7.05. The Morgan fingerprint density at radius 2 is 1.93 bits per heavy atom. The Morgan fingerprint density at radius 1 is 1.14 bits per heavy atom. The van der Waals surface area contributed by atoms with Crippen LogP contribution >= 0.6 is 0 Å². The van der Waals surface area contributed by atoms with Crippen molar-refractivity contribution < 1.29 is 13.9 Å². The summed E-state index contributed by atoms with van der Waals surface area (Å²) in [4.78, 5) is 17.2. The first-order valence-corrected chi connectivity index (χ1v) is 9.54. The van der Waals surface area contributed by atoms with Gasteiger partial charge < -0.3 is 14.5 Å². The molecule has 2 heterocycles. The number of nitrogens with zero attached hydrogens (tertiary/aromatic N) is 4. The number of halogens is 1. The Kier molecular flexibility index (Phi) is 5.31. The van der Waals surface area contributed by atoms with E-state index >= 15 is 0 Å². The molecule has 0 unspecified atom stereocenters. The molecule has 0 spiro atoms. The molecule has 0 aliphatic carbocycles. The number of carbonyl (C=O) groups is 1. The van der Waals surface area contributed by atoms with Crippen LogP contribution in [0.1, 0.15) is 22.5 Å². The van der Waals surface area contributed by atoms with Gasteiger partial charge in [-0.2, -0.15) is 5.10 Å². The Balaban J connectivity index is 1.78. The van der Waals surface area contributed by atoms with Crippen molar-refractivity contribution in [2.45, 2.75) is 13.0 Å². The first kappa shape index (κ1) is 19.1. The molecule has 6 nitrogen and oxygen atoms in total. The normalized spacial score (nSPS) is 13.9. The largest absolute Gasteiger partial charge is 0.378 e. The van der Waals surface area contributed by atoms with Crippen LogP contribution in [0.25, 0.3) is 5.69 Å². The van der Waals surface area contributed by atoms with Crippen molar-refractivity contribution in [2.24, 2.45) is 0 Å². The highest BCUT2D eigenvalue weighted by molar-refractivity contribution is 6.08. The Labute approximate surface area is 169 Å². The average molecular weight is 394 g/mol. The highest BCUT2D eigenvalue weighted by Crippen LogP contribution is 2.33. The van der Waals surface area contributed by atoms with E-state index in [9.17, 15) is 9.18 Å². The maximum Gasteiger partial charge on any atom is 0.261 e. The molecule has 0 bridgehead atoms. The number of hydrogen-bond acceptors (Lipinski definition) is 4. The van der Waals surface area contributed by atoms with Gasteiger partial charge in [-0.05, 0) is 36.8 Å². The molecule has 0 saturated carbocycles. The third kappa shape index (κ3) is 3.61. The van der Waals surface area contributed by atoms with Crippen LogP contribution in [0.4, 0.5) is 15.8 Å². The lowest BCUT2D eigenvalue weighted by atomic mass is 10.1. The van der Waals surface area contributed by atoms with E-state index < -0.39 is 0 Å². The van der Waals surface area contributed by atoms with Crippen LogP contribution in [0.5, 0.6) is 0 Å². The van der Waals surface area contributed by atoms with E-state index in [4.69, 9.17) is 4.74 Å². The standard InChI is InChI=1S/C22H23FN4O2/c1-25-11-6-12-26(20-13-16(23)9-10-19(20)25)22(28)18-14-24-27(21(18)15-29-2)17-7-4-3-5-8-17/h3-5,7-10,13-14H,6,11-12,15H2,1-2H3. The zero-order chi connectivity index (χ0) is 20.4. The van der Waals surface area contributed by atoms with Gasteiger partial charge in [-0.1, -0.05) is 18.2 Å². The van der Waals surface area contributed by atoms with E-state index in [1.165, 1.54) is 12.1 Å². The molecule has 150 valence electrons. The summed E-state index contributed by atoms with van der Waals surface area (Å²) in [5.41, 5.74) is 3.38. The highest BCUT2D eigenvalue weighted by atomic mass is 19.1. The third-order valence-corrected chi connectivity index (χ3v) is 5.14. The number of aromatic nitrogens is 2. The minimum absolute atomic E-state index is 0.207. The predicted molar refractivity (Wildman–Crippen MR) is 110 cm³/mol. The Morgan fingerprint density at radius 3 is 2.69 bits per heavy atom. The molecular formula is C22H23FN4O2. The number of rotatable bonds is 4. The smallest absolute Gasteiger partial charge is 0.261 e. The average Bonchev–Trinajstić information content (AvgIpc) is 3.07. The molecule has 4 rings (SSSR count). The fraction of sp³-hybridized carbons (Fsp3) is 0.273. The number of anilines is 2. The topological polar surface area (TPSA) is 50.6 Å². The van der Waals surface area contributed by atoms with Crippen LogP contribution in [-0.2, 0) is 11.3 Å². The highest BCUT2D eigenvalue weighted by Gasteiger charge is 2.28. The second kappa shape index (κ2) is 8.05. The summed E-state index contributed by atoms with van der Waals surface area (Å²) in [5, 5.41) is 4.44. The van der Waals surface area contributed by atoms with Gasteiger partial charge in [0.1, 0.15) is 5.82 Å². The van der Waals surface area contributed by atoms with E-state index in [-0.39, 0.29) is 18.3 Å². The lowest BCUT2D eigenvalue weighted by Gasteiger charge is -2.24. The van der Waals surface area contributed by atoms with Crippen LogP contribution in [0.15, 0.2) is 54.7 Å². The molecule has 29 heavy (non-hydrogen) atoms. The van der Waals surface area contributed by atoms with Gasteiger partial charge >= 0.3 is 0 Å². The fourth-order valence-corrected chi connectivity index (χ4v) is 3.72. The van der Waals surface area contributed by atoms with Crippen molar-refractivity contribution in [1.82, 2.24) is 9.78 Å². The SMILES string of the molecule is COCc1c(C(=O)N2CCCN(C)c3ccc(F)cc32)cnn1-c1ccccc1. The van der Waals surface area contributed by atoms with Gasteiger partial charge in [0, 0.05) is 27.2 Å². The van der Waals surface area contributed by atoms with Gasteiger partial charge in [0.05, 0.1) is 41.1 Å². The summed E-state index contributed by atoms with van der Waals surface area (Å²) in [6.07, 6.45) is 2.35. The number of ether oxygens (including phenoxy) is 1.